The van der Waals surface area contributed by atoms with Crippen LogP contribution in [0.4, 0.5) is 5.69 Å². The van der Waals surface area contributed by atoms with Crippen LogP contribution in [0.25, 0.3) is 11.1 Å². The summed E-state index contributed by atoms with van der Waals surface area (Å²) >= 11 is 1.70. The number of pyridine rings is 1. The van der Waals surface area contributed by atoms with Gasteiger partial charge in [0, 0.05) is 54.2 Å². The second kappa shape index (κ2) is 15.9. The first kappa shape index (κ1) is 33.1. The van der Waals surface area contributed by atoms with Crippen LogP contribution < -0.4 is 10.6 Å². The van der Waals surface area contributed by atoms with Gasteiger partial charge >= 0.3 is 0 Å². The Hall–Kier alpha value is -4.80. The van der Waals surface area contributed by atoms with E-state index in [-0.39, 0.29) is 30.6 Å². The zero-order valence-corrected chi connectivity index (χ0v) is 27.4. The van der Waals surface area contributed by atoms with Crippen LogP contribution in [0.2, 0.25) is 0 Å². The molecule has 0 spiro atoms. The maximum Gasteiger partial charge on any atom is 0.253 e. The summed E-state index contributed by atoms with van der Waals surface area (Å²) in [6.45, 7) is 1.87. The molecule has 1 fully saturated rings. The van der Waals surface area contributed by atoms with E-state index < -0.39 is 6.29 Å². The number of hydrogen-bond acceptors (Lipinski definition) is 7. The summed E-state index contributed by atoms with van der Waals surface area (Å²) in [4.78, 5) is 29.1. The summed E-state index contributed by atoms with van der Waals surface area (Å²) in [5, 5.41) is 15.3. The Morgan fingerprint density at radius 3 is 2.35 bits per heavy atom. The smallest absolute Gasteiger partial charge is 0.253 e. The van der Waals surface area contributed by atoms with Crippen molar-refractivity contribution in [1.82, 2.24) is 10.3 Å². The van der Waals surface area contributed by atoms with Gasteiger partial charge in [-0.15, -0.1) is 11.8 Å². The van der Waals surface area contributed by atoms with Gasteiger partial charge < -0.3 is 25.2 Å². The van der Waals surface area contributed by atoms with Crippen molar-refractivity contribution < 1.29 is 24.2 Å². The predicted molar refractivity (Wildman–Crippen MR) is 187 cm³/mol. The highest BCUT2D eigenvalue weighted by molar-refractivity contribution is 7.99. The van der Waals surface area contributed by atoms with Crippen LogP contribution >= 0.6 is 11.8 Å². The van der Waals surface area contributed by atoms with Crippen molar-refractivity contribution in [2.24, 2.45) is 0 Å². The number of aromatic nitrogens is 1. The number of aliphatic hydroxyl groups excluding tert-OH is 1. The molecule has 0 bridgehead atoms. The average molecular weight is 660 g/mol. The lowest BCUT2D eigenvalue weighted by Gasteiger charge is -2.36. The van der Waals surface area contributed by atoms with Crippen molar-refractivity contribution in [3.05, 3.63) is 149 Å². The number of hydrogen-bond donors (Lipinski definition) is 3. The van der Waals surface area contributed by atoms with Crippen LogP contribution in [-0.2, 0) is 27.4 Å². The van der Waals surface area contributed by atoms with Crippen LogP contribution in [-0.4, -0.2) is 33.8 Å². The summed E-state index contributed by atoms with van der Waals surface area (Å²) in [6, 6.07) is 35.5. The molecule has 0 radical (unpaired) electrons. The molecule has 0 saturated carbocycles. The van der Waals surface area contributed by atoms with Crippen molar-refractivity contribution in [3.63, 3.8) is 0 Å². The monoisotopic (exact) mass is 659 g/mol. The third kappa shape index (κ3) is 8.76. The number of carbonyl (C=O) groups excluding carboxylic acids is 2. The van der Waals surface area contributed by atoms with Crippen LogP contribution in [0, 0.1) is 0 Å². The number of thioether (sulfide) groups is 1. The van der Waals surface area contributed by atoms with E-state index in [0.717, 1.165) is 49.7 Å². The van der Waals surface area contributed by atoms with Gasteiger partial charge in [-0.25, -0.2) is 0 Å². The number of carbonyl (C=O) groups is 2. The number of aliphatic hydroxyl groups is 1. The van der Waals surface area contributed by atoms with Crippen LogP contribution in [0.1, 0.15) is 58.4 Å². The molecular weight excluding hydrogens is 623 g/mol. The molecule has 3 N–H and O–H groups in total. The third-order valence-corrected chi connectivity index (χ3v) is 9.17. The van der Waals surface area contributed by atoms with Crippen LogP contribution in [0.5, 0.6) is 0 Å². The minimum Gasteiger partial charge on any atom is -0.392 e. The summed E-state index contributed by atoms with van der Waals surface area (Å²) in [6.07, 6.45) is 3.00. The first-order valence-electron chi connectivity index (χ1n) is 15.8. The topological polar surface area (TPSA) is 110 Å². The number of anilines is 1. The highest BCUT2D eigenvalue weighted by Gasteiger charge is 2.32. The molecule has 244 valence electrons. The molecule has 3 unspecified atom stereocenters. The van der Waals surface area contributed by atoms with Crippen LogP contribution in [0.3, 0.4) is 0 Å². The number of rotatable bonds is 11. The standard InChI is InChI=1S/C39H37N3O5S/c1-26(44)42-34-14-16-36(17-15-34)48-25-35-21-37(29-12-10-27(24-43)11-13-29)47-39(46-35)32-8-3-7-31(20-32)30-6-2-5-28(19-30)22-41-38(45)33-9-4-18-40-23-33/h2-20,23,35,37,39,43H,21-22,24-25H2,1H3,(H,41,45)(H,42,44). The van der Waals surface area contributed by atoms with Crippen molar-refractivity contribution in [2.45, 2.75) is 49.9 Å². The van der Waals surface area contributed by atoms with Gasteiger partial charge in [0.1, 0.15) is 0 Å². The van der Waals surface area contributed by atoms with E-state index in [0.29, 0.717) is 18.5 Å². The summed E-state index contributed by atoms with van der Waals surface area (Å²) in [7, 11) is 0. The molecule has 5 aromatic rings. The zero-order valence-electron chi connectivity index (χ0n) is 26.5. The van der Waals surface area contributed by atoms with E-state index in [1.165, 1.54) is 6.92 Å². The normalized spacial score (nSPS) is 17.4. The number of nitrogens with one attached hydrogen (secondary N) is 2. The highest BCUT2D eigenvalue weighted by atomic mass is 32.2. The van der Waals surface area contributed by atoms with Gasteiger partial charge in [-0.3, -0.25) is 14.6 Å². The lowest BCUT2D eigenvalue weighted by Crippen LogP contribution is -2.31. The Labute approximate surface area is 284 Å². The minimum atomic E-state index is -0.587. The first-order chi connectivity index (χ1) is 23.4. The van der Waals surface area contributed by atoms with E-state index in [4.69, 9.17) is 9.47 Å². The van der Waals surface area contributed by atoms with Crippen LogP contribution in [0.15, 0.2) is 126 Å². The SMILES string of the molecule is CC(=O)Nc1ccc(SCC2CC(c3ccc(CO)cc3)OC(c3cccc(-c4cccc(CNC(=O)c5cccnc5)c4)c3)O2)cc1. The second-order valence-electron chi connectivity index (χ2n) is 11.6. The summed E-state index contributed by atoms with van der Waals surface area (Å²) in [5.41, 5.74) is 7.10. The molecule has 4 aromatic carbocycles. The molecule has 48 heavy (non-hydrogen) atoms. The largest absolute Gasteiger partial charge is 0.392 e. The molecule has 0 aliphatic carbocycles. The molecular formula is C39H37N3O5S. The minimum absolute atomic E-state index is 0.0115. The first-order valence-corrected chi connectivity index (χ1v) is 16.8. The Bertz CT molecular complexity index is 1830. The van der Waals surface area contributed by atoms with Crippen molar-refractivity contribution in [3.8, 4) is 11.1 Å². The van der Waals surface area contributed by atoms with E-state index >= 15 is 0 Å². The van der Waals surface area contributed by atoms with Gasteiger partial charge in [0.2, 0.25) is 5.91 Å². The molecule has 1 saturated heterocycles. The van der Waals surface area contributed by atoms with Gasteiger partial charge in [-0.2, -0.15) is 0 Å². The van der Waals surface area contributed by atoms with Crippen molar-refractivity contribution >= 4 is 29.3 Å². The number of nitrogens with zero attached hydrogens (tertiary/aromatic N) is 1. The lowest BCUT2D eigenvalue weighted by molar-refractivity contribution is -0.245. The number of benzene rings is 4. The molecule has 6 rings (SSSR count). The molecule has 1 aromatic heterocycles. The molecule has 1 aliphatic rings. The molecule has 1 aliphatic heterocycles. The fourth-order valence-corrected chi connectivity index (χ4v) is 6.48. The van der Waals surface area contributed by atoms with Gasteiger partial charge in [-0.05, 0) is 76.3 Å². The highest BCUT2D eigenvalue weighted by Crippen LogP contribution is 2.40. The Balaban J connectivity index is 1.18. The third-order valence-electron chi connectivity index (χ3n) is 8.02. The zero-order chi connectivity index (χ0) is 33.3. The maximum absolute atomic E-state index is 12.6. The van der Waals surface area contributed by atoms with Crippen molar-refractivity contribution in [1.29, 1.82) is 0 Å². The molecule has 2 heterocycles. The molecule has 2 amide bonds. The Morgan fingerprint density at radius 1 is 0.854 bits per heavy atom. The Kier molecular flexibility index (Phi) is 10.9. The average Bonchev–Trinajstić information content (AvgIpc) is 3.14. The quantitative estimate of drug-likeness (QED) is 0.126. The molecule has 9 heteroatoms. The Morgan fingerprint density at radius 2 is 1.62 bits per heavy atom. The van der Waals surface area contributed by atoms with E-state index in [2.05, 4.69) is 39.9 Å². The van der Waals surface area contributed by atoms with Gasteiger partial charge in [0.05, 0.1) is 24.4 Å². The molecule has 8 nitrogen and oxygen atoms in total. The van der Waals surface area contributed by atoms with E-state index in [1.54, 1.807) is 36.3 Å². The van der Waals surface area contributed by atoms with Gasteiger partial charge in [-0.1, -0.05) is 60.7 Å². The fraction of sp³-hybridized carbons (Fsp3) is 0.205. The van der Waals surface area contributed by atoms with Gasteiger partial charge in [0.15, 0.2) is 6.29 Å². The predicted octanol–water partition coefficient (Wildman–Crippen LogP) is 7.47. The van der Waals surface area contributed by atoms with E-state index in [9.17, 15) is 14.7 Å². The van der Waals surface area contributed by atoms with Crippen molar-refractivity contribution in [2.75, 3.05) is 11.1 Å². The molecule has 3 atom stereocenters. The fourth-order valence-electron chi connectivity index (χ4n) is 5.56. The lowest BCUT2D eigenvalue weighted by atomic mass is 9.99. The second-order valence-corrected chi connectivity index (χ2v) is 12.7. The summed E-state index contributed by atoms with van der Waals surface area (Å²) in [5.74, 6) is 0.450. The number of ether oxygens (including phenoxy) is 2. The van der Waals surface area contributed by atoms with Gasteiger partial charge in [0.25, 0.3) is 5.91 Å². The van der Waals surface area contributed by atoms with E-state index in [1.807, 2.05) is 72.8 Å². The maximum atomic E-state index is 12.6. The number of amides is 2. The summed E-state index contributed by atoms with van der Waals surface area (Å²) < 4.78 is 13.2.